The van der Waals surface area contributed by atoms with Crippen LogP contribution in [0, 0.1) is 0 Å². The van der Waals surface area contributed by atoms with Gasteiger partial charge >= 0.3 is 13.2 Å². The third-order valence-corrected chi connectivity index (χ3v) is 4.09. The van der Waals surface area contributed by atoms with Crippen LogP contribution in [0.5, 0.6) is 0 Å². The summed E-state index contributed by atoms with van der Waals surface area (Å²) in [5, 5.41) is 0. The second-order valence-corrected chi connectivity index (χ2v) is 6.07. The van der Waals surface area contributed by atoms with Gasteiger partial charge in [0, 0.05) is 18.7 Å². The van der Waals surface area contributed by atoms with Gasteiger partial charge in [0.15, 0.2) is 0 Å². The standard InChI is InChI=1S/C14H21BN2O4/c1-13(2)14(3,4)21-15(20-13)10-7-8-11(16-9-10)17(5)12(18)19-6/h7-9H,1-6H3. The summed E-state index contributed by atoms with van der Waals surface area (Å²) in [5.74, 6) is 0.502. The summed E-state index contributed by atoms with van der Waals surface area (Å²) in [6, 6.07) is 3.57. The normalized spacial score (nSPS) is 19.4. The van der Waals surface area contributed by atoms with Crippen LogP contribution in [0.15, 0.2) is 18.3 Å². The lowest BCUT2D eigenvalue weighted by Crippen LogP contribution is -2.41. The molecule has 0 atom stereocenters. The van der Waals surface area contributed by atoms with Gasteiger partial charge in [-0.05, 0) is 33.8 Å². The van der Waals surface area contributed by atoms with E-state index < -0.39 is 13.2 Å². The molecule has 0 bridgehead atoms. The predicted molar refractivity (Wildman–Crippen MR) is 80.8 cm³/mol. The average Bonchev–Trinajstić information content (AvgIpc) is 2.66. The molecule has 1 saturated heterocycles. The van der Waals surface area contributed by atoms with E-state index in [1.54, 1.807) is 19.3 Å². The number of ether oxygens (including phenoxy) is 1. The summed E-state index contributed by atoms with van der Waals surface area (Å²) in [6.45, 7) is 8.00. The monoisotopic (exact) mass is 292 g/mol. The van der Waals surface area contributed by atoms with Crippen molar-refractivity contribution >= 4 is 24.5 Å². The zero-order valence-electron chi connectivity index (χ0n) is 13.3. The fraction of sp³-hybridized carbons (Fsp3) is 0.571. The average molecular weight is 292 g/mol. The van der Waals surface area contributed by atoms with Crippen molar-refractivity contribution in [1.29, 1.82) is 0 Å². The maximum Gasteiger partial charge on any atom is 0.496 e. The lowest BCUT2D eigenvalue weighted by Gasteiger charge is -2.32. The summed E-state index contributed by atoms with van der Waals surface area (Å²) < 4.78 is 16.6. The van der Waals surface area contributed by atoms with Crippen LogP contribution < -0.4 is 10.4 Å². The van der Waals surface area contributed by atoms with Gasteiger partial charge in [-0.15, -0.1) is 0 Å². The molecule has 0 unspecified atom stereocenters. The van der Waals surface area contributed by atoms with E-state index in [4.69, 9.17) is 9.31 Å². The number of pyridine rings is 1. The molecule has 1 amide bonds. The fourth-order valence-electron chi connectivity index (χ4n) is 1.94. The molecule has 1 aromatic heterocycles. The number of nitrogens with zero attached hydrogens (tertiary/aromatic N) is 2. The molecule has 6 nitrogen and oxygen atoms in total. The molecule has 1 fully saturated rings. The number of carbonyl (C=O) groups excluding carboxylic acids is 1. The number of carbonyl (C=O) groups is 1. The van der Waals surface area contributed by atoms with Crippen molar-refractivity contribution < 1.29 is 18.8 Å². The van der Waals surface area contributed by atoms with Gasteiger partial charge in [0.2, 0.25) is 0 Å². The molecule has 2 rings (SSSR count). The van der Waals surface area contributed by atoms with Gasteiger partial charge in [-0.25, -0.2) is 9.78 Å². The molecular formula is C14H21BN2O4. The first kappa shape index (κ1) is 15.8. The zero-order valence-corrected chi connectivity index (χ0v) is 13.3. The van der Waals surface area contributed by atoms with Crippen molar-refractivity contribution in [3.8, 4) is 0 Å². The van der Waals surface area contributed by atoms with Crippen molar-refractivity contribution in [3.63, 3.8) is 0 Å². The topological polar surface area (TPSA) is 60.9 Å². The molecule has 7 heteroatoms. The van der Waals surface area contributed by atoms with E-state index >= 15 is 0 Å². The van der Waals surface area contributed by atoms with Gasteiger partial charge in [-0.1, -0.05) is 6.07 Å². The van der Waals surface area contributed by atoms with E-state index in [0.717, 1.165) is 5.46 Å². The Bertz CT molecular complexity index is 514. The van der Waals surface area contributed by atoms with E-state index in [1.807, 2.05) is 33.8 Å². The van der Waals surface area contributed by atoms with Gasteiger partial charge in [0.25, 0.3) is 0 Å². The van der Waals surface area contributed by atoms with Crippen molar-refractivity contribution in [1.82, 2.24) is 4.98 Å². The maximum absolute atomic E-state index is 11.4. The SMILES string of the molecule is COC(=O)N(C)c1ccc(B2OC(C)(C)C(C)(C)O2)cn1. The second-order valence-electron chi connectivity index (χ2n) is 6.07. The summed E-state index contributed by atoms with van der Waals surface area (Å²) in [7, 11) is 2.47. The van der Waals surface area contributed by atoms with Crippen molar-refractivity contribution in [2.75, 3.05) is 19.1 Å². The molecule has 0 aliphatic carbocycles. The van der Waals surface area contributed by atoms with Gasteiger partial charge < -0.3 is 14.0 Å². The molecular weight excluding hydrogens is 271 g/mol. The van der Waals surface area contributed by atoms with Crippen LogP contribution in [0.4, 0.5) is 10.6 Å². The molecule has 1 aromatic rings. The Hall–Kier alpha value is -1.60. The van der Waals surface area contributed by atoms with Crippen molar-refractivity contribution in [2.24, 2.45) is 0 Å². The number of methoxy groups -OCH3 is 1. The Morgan fingerprint density at radius 3 is 2.24 bits per heavy atom. The highest BCUT2D eigenvalue weighted by atomic mass is 16.7. The minimum Gasteiger partial charge on any atom is -0.452 e. The summed E-state index contributed by atoms with van der Waals surface area (Å²) in [4.78, 5) is 17.0. The van der Waals surface area contributed by atoms with Crippen LogP contribution in [-0.4, -0.2) is 43.6 Å². The Labute approximate surface area is 125 Å². The van der Waals surface area contributed by atoms with Crippen LogP contribution in [0.25, 0.3) is 0 Å². The third-order valence-electron chi connectivity index (χ3n) is 4.09. The van der Waals surface area contributed by atoms with E-state index in [0.29, 0.717) is 5.82 Å². The van der Waals surface area contributed by atoms with E-state index in [9.17, 15) is 4.79 Å². The zero-order chi connectivity index (χ0) is 15.8. The van der Waals surface area contributed by atoms with Crippen LogP contribution in [0.3, 0.4) is 0 Å². The molecule has 0 N–H and O–H groups in total. The minimum absolute atomic E-state index is 0.390. The van der Waals surface area contributed by atoms with Crippen molar-refractivity contribution in [3.05, 3.63) is 18.3 Å². The molecule has 0 aromatic carbocycles. The summed E-state index contributed by atoms with van der Waals surface area (Å²) in [6.07, 6.45) is 1.18. The van der Waals surface area contributed by atoms with E-state index in [1.165, 1.54) is 12.0 Å². The highest BCUT2D eigenvalue weighted by molar-refractivity contribution is 6.62. The Balaban J connectivity index is 2.16. The van der Waals surface area contributed by atoms with Gasteiger partial charge in [-0.2, -0.15) is 0 Å². The number of rotatable bonds is 2. The number of anilines is 1. The predicted octanol–water partition coefficient (Wildman–Crippen LogP) is 1.58. The van der Waals surface area contributed by atoms with Crippen LogP contribution in [0.1, 0.15) is 27.7 Å². The van der Waals surface area contributed by atoms with Gasteiger partial charge in [0.1, 0.15) is 5.82 Å². The largest absolute Gasteiger partial charge is 0.496 e. The summed E-state index contributed by atoms with van der Waals surface area (Å²) >= 11 is 0. The first-order valence-corrected chi connectivity index (χ1v) is 6.81. The highest BCUT2D eigenvalue weighted by Gasteiger charge is 2.51. The quantitative estimate of drug-likeness (QED) is 0.775. The van der Waals surface area contributed by atoms with Gasteiger partial charge in [-0.3, -0.25) is 4.90 Å². The van der Waals surface area contributed by atoms with Crippen LogP contribution in [0.2, 0.25) is 0 Å². The molecule has 114 valence electrons. The summed E-state index contributed by atoms with van der Waals surface area (Å²) in [5.41, 5.74) is 0.0360. The molecule has 1 aliphatic rings. The number of aromatic nitrogens is 1. The highest BCUT2D eigenvalue weighted by Crippen LogP contribution is 2.36. The lowest BCUT2D eigenvalue weighted by molar-refractivity contribution is 0.00578. The van der Waals surface area contributed by atoms with E-state index in [2.05, 4.69) is 9.72 Å². The number of hydrogen-bond donors (Lipinski definition) is 0. The van der Waals surface area contributed by atoms with Crippen LogP contribution in [-0.2, 0) is 14.0 Å². The fourth-order valence-corrected chi connectivity index (χ4v) is 1.94. The Morgan fingerprint density at radius 1 is 1.24 bits per heavy atom. The molecule has 1 aliphatic heterocycles. The Morgan fingerprint density at radius 2 is 1.81 bits per heavy atom. The molecule has 0 spiro atoms. The first-order valence-electron chi connectivity index (χ1n) is 6.81. The second kappa shape index (κ2) is 5.31. The number of hydrogen-bond acceptors (Lipinski definition) is 5. The third kappa shape index (κ3) is 2.89. The van der Waals surface area contributed by atoms with Crippen molar-refractivity contribution in [2.45, 2.75) is 38.9 Å². The molecule has 21 heavy (non-hydrogen) atoms. The van der Waals surface area contributed by atoms with Gasteiger partial charge in [0.05, 0.1) is 18.3 Å². The minimum atomic E-state index is -0.467. The molecule has 2 heterocycles. The maximum atomic E-state index is 11.4. The van der Waals surface area contributed by atoms with Crippen LogP contribution >= 0.6 is 0 Å². The van der Waals surface area contributed by atoms with E-state index in [-0.39, 0.29) is 11.2 Å². The lowest BCUT2D eigenvalue weighted by atomic mass is 9.80. The number of amides is 1. The smallest absolute Gasteiger partial charge is 0.452 e. The molecule has 0 radical (unpaired) electrons. The first-order chi connectivity index (χ1) is 9.68. The Kier molecular flexibility index (Phi) is 3.99. The molecule has 0 saturated carbocycles.